The van der Waals surface area contributed by atoms with Crippen LogP contribution in [-0.4, -0.2) is 52.7 Å². The van der Waals surface area contributed by atoms with Gasteiger partial charge in [-0.3, -0.25) is 19.7 Å². The number of nitro benzene ring substituents is 1. The van der Waals surface area contributed by atoms with E-state index in [0.29, 0.717) is 31.0 Å². The fourth-order valence-electron chi connectivity index (χ4n) is 3.59. The van der Waals surface area contributed by atoms with Crippen LogP contribution in [0.25, 0.3) is 0 Å². The third kappa shape index (κ3) is 4.15. The molecule has 1 aromatic carbocycles. The number of rotatable bonds is 4. The van der Waals surface area contributed by atoms with E-state index in [-0.39, 0.29) is 17.5 Å². The van der Waals surface area contributed by atoms with Crippen LogP contribution in [0.1, 0.15) is 42.5 Å². The fraction of sp³-hybridized carbons (Fsp3) is 0.556. The van der Waals surface area contributed by atoms with E-state index >= 15 is 0 Å². The first kappa shape index (κ1) is 17.4. The van der Waals surface area contributed by atoms with Gasteiger partial charge in [0.25, 0.3) is 11.6 Å². The zero-order valence-electron chi connectivity index (χ0n) is 14.2. The van der Waals surface area contributed by atoms with Crippen molar-refractivity contribution in [3.05, 3.63) is 39.9 Å². The molecule has 0 aliphatic carbocycles. The molecule has 2 heterocycles. The largest absolute Gasteiger partial charge is 0.342 e. The van der Waals surface area contributed by atoms with Crippen LogP contribution < -0.4 is 0 Å². The van der Waals surface area contributed by atoms with Crippen LogP contribution in [0, 0.1) is 16.0 Å². The summed E-state index contributed by atoms with van der Waals surface area (Å²) in [6.45, 7) is 3.00. The van der Waals surface area contributed by atoms with Crippen LogP contribution in [-0.2, 0) is 4.79 Å². The van der Waals surface area contributed by atoms with Crippen molar-refractivity contribution >= 4 is 17.5 Å². The van der Waals surface area contributed by atoms with Crippen LogP contribution in [0.3, 0.4) is 0 Å². The SMILES string of the molecule is O=C1CCCCN1CC1CCN(C(=O)c2ccc([N+](=O)[O-])cc2)CC1. The summed E-state index contributed by atoms with van der Waals surface area (Å²) in [6, 6.07) is 5.75. The quantitative estimate of drug-likeness (QED) is 0.620. The second-order valence-electron chi connectivity index (χ2n) is 6.84. The molecule has 0 radical (unpaired) electrons. The topological polar surface area (TPSA) is 83.8 Å². The van der Waals surface area contributed by atoms with Gasteiger partial charge in [0.15, 0.2) is 0 Å². The molecule has 0 saturated carbocycles. The number of amides is 2. The van der Waals surface area contributed by atoms with Gasteiger partial charge in [-0.25, -0.2) is 0 Å². The number of carbonyl (C=O) groups is 2. The van der Waals surface area contributed by atoms with Gasteiger partial charge in [-0.05, 0) is 43.7 Å². The Bertz CT molecular complexity index is 651. The second-order valence-corrected chi connectivity index (χ2v) is 6.84. The number of nitro groups is 1. The van der Waals surface area contributed by atoms with Crippen LogP contribution in [0.5, 0.6) is 0 Å². The van der Waals surface area contributed by atoms with E-state index in [1.54, 1.807) is 4.90 Å². The van der Waals surface area contributed by atoms with Crippen LogP contribution >= 0.6 is 0 Å². The molecule has 7 heteroatoms. The summed E-state index contributed by atoms with van der Waals surface area (Å²) >= 11 is 0. The predicted molar refractivity (Wildman–Crippen MR) is 92.2 cm³/mol. The van der Waals surface area contributed by atoms with E-state index in [1.165, 1.54) is 24.3 Å². The van der Waals surface area contributed by atoms with Crippen LogP contribution in [0.4, 0.5) is 5.69 Å². The fourth-order valence-corrected chi connectivity index (χ4v) is 3.59. The number of benzene rings is 1. The van der Waals surface area contributed by atoms with Crippen molar-refractivity contribution in [2.45, 2.75) is 32.1 Å². The summed E-state index contributed by atoms with van der Waals surface area (Å²) in [6.07, 6.45) is 4.53. The first-order valence-corrected chi connectivity index (χ1v) is 8.86. The summed E-state index contributed by atoms with van der Waals surface area (Å²) in [7, 11) is 0. The average Bonchev–Trinajstić information content (AvgIpc) is 2.64. The average molecular weight is 345 g/mol. The highest BCUT2D eigenvalue weighted by Crippen LogP contribution is 2.23. The molecule has 0 unspecified atom stereocenters. The number of hydrogen-bond acceptors (Lipinski definition) is 4. The molecule has 2 aliphatic heterocycles. The minimum Gasteiger partial charge on any atom is -0.342 e. The zero-order valence-corrected chi connectivity index (χ0v) is 14.2. The zero-order chi connectivity index (χ0) is 17.8. The van der Waals surface area contributed by atoms with Gasteiger partial charge in [0.1, 0.15) is 0 Å². The Kier molecular flexibility index (Phi) is 5.31. The summed E-state index contributed by atoms with van der Waals surface area (Å²) in [4.78, 5) is 38.4. The van der Waals surface area contributed by atoms with Gasteiger partial charge in [0, 0.05) is 50.3 Å². The van der Waals surface area contributed by atoms with Crippen molar-refractivity contribution in [2.24, 2.45) is 5.92 Å². The van der Waals surface area contributed by atoms with Crippen molar-refractivity contribution in [3.8, 4) is 0 Å². The Balaban J connectivity index is 1.52. The molecular formula is C18H23N3O4. The van der Waals surface area contributed by atoms with Gasteiger partial charge < -0.3 is 9.80 Å². The molecule has 2 aliphatic rings. The Hall–Kier alpha value is -2.44. The molecule has 1 aromatic rings. The third-order valence-electron chi connectivity index (χ3n) is 5.13. The molecule has 3 rings (SSSR count). The molecule has 0 aromatic heterocycles. The molecule has 7 nitrogen and oxygen atoms in total. The van der Waals surface area contributed by atoms with E-state index in [1.807, 2.05) is 4.90 Å². The first-order valence-electron chi connectivity index (χ1n) is 8.86. The summed E-state index contributed by atoms with van der Waals surface area (Å²) in [5.74, 6) is 0.626. The van der Waals surface area contributed by atoms with Crippen molar-refractivity contribution in [1.82, 2.24) is 9.80 Å². The van der Waals surface area contributed by atoms with E-state index < -0.39 is 4.92 Å². The number of piperidine rings is 2. The predicted octanol–water partition coefficient (Wildman–Crippen LogP) is 2.46. The Labute approximate surface area is 146 Å². The van der Waals surface area contributed by atoms with Crippen LogP contribution in [0.2, 0.25) is 0 Å². The Morgan fingerprint density at radius 2 is 1.80 bits per heavy atom. The van der Waals surface area contributed by atoms with E-state index in [9.17, 15) is 19.7 Å². The maximum Gasteiger partial charge on any atom is 0.269 e. The highest BCUT2D eigenvalue weighted by Gasteiger charge is 2.27. The smallest absolute Gasteiger partial charge is 0.269 e. The van der Waals surface area contributed by atoms with Crippen molar-refractivity contribution in [3.63, 3.8) is 0 Å². The Morgan fingerprint density at radius 1 is 1.12 bits per heavy atom. The second kappa shape index (κ2) is 7.63. The minimum atomic E-state index is -0.471. The van der Waals surface area contributed by atoms with Crippen molar-refractivity contribution < 1.29 is 14.5 Å². The lowest BCUT2D eigenvalue weighted by molar-refractivity contribution is -0.384. The monoisotopic (exact) mass is 345 g/mol. The van der Waals surface area contributed by atoms with E-state index in [2.05, 4.69) is 0 Å². The molecule has 0 N–H and O–H groups in total. The normalized spacial score (nSPS) is 19.1. The van der Waals surface area contributed by atoms with Crippen molar-refractivity contribution in [2.75, 3.05) is 26.2 Å². The number of hydrogen-bond donors (Lipinski definition) is 0. The van der Waals surface area contributed by atoms with Crippen LogP contribution in [0.15, 0.2) is 24.3 Å². The number of non-ortho nitro benzene ring substituents is 1. The van der Waals surface area contributed by atoms with Gasteiger partial charge >= 0.3 is 0 Å². The van der Waals surface area contributed by atoms with E-state index in [0.717, 1.165) is 38.8 Å². The van der Waals surface area contributed by atoms with Gasteiger partial charge in [-0.15, -0.1) is 0 Å². The molecule has 0 spiro atoms. The lowest BCUT2D eigenvalue weighted by atomic mass is 9.94. The summed E-state index contributed by atoms with van der Waals surface area (Å²) in [5.41, 5.74) is 0.469. The molecule has 2 amide bonds. The highest BCUT2D eigenvalue weighted by atomic mass is 16.6. The maximum absolute atomic E-state index is 12.5. The molecule has 2 saturated heterocycles. The highest BCUT2D eigenvalue weighted by molar-refractivity contribution is 5.94. The third-order valence-corrected chi connectivity index (χ3v) is 5.13. The first-order chi connectivity index (χ1) is 12.0. The number of carbonyl (C=O) groups excluding carboxylic acids is 2. The van der Waals surface area contributed by atoms with Gasteiger partial charge in [0.05, 0.1) is 4.92 Å². The number of likely N-dealkylation sites (tertiary alicyclic amines) is 2. The lowest BCUT2D eigenvalue weighted by Crippen LogP contribution is -2.44. The van der Waals surface area contributed by atoms with Crippen molar-refractivity contribution in [1.29, 1.82) is 0 Å². The summed E-state index contributed by atoms with van der Waals surface area (Å²) in [5, 5.41) is 10.7. The minimum absolute atomic E-state index is 0.0125. The van der Waals surface area contributed by atoms with Gasteiger partial charge in [0.2, 0.25) is 5.91 Å². The van der Waals surface area contributed by atoms with E-state index in [4.69, 9.17) is 0 Å². The molecule has 0 bridgehead atoms. The summed E-state index contributed by atoms with van der Waals surface area (Å²) < 4.78 is 0. The Morgan fingerprint density at radius 3 is 2.40 bits per heavy atom. The molecule has 0 atom stereocenters. The standard InChI is InChI=1S/C18H23N3O4/c22-17-3-1-2-10-20(17)13-14-8-11-19(12-9-14)18(23)15-4-6-16(7-5-15)21(24)25/h4-7,14H,1-3,8-13H2. The van der Waals surface area contributed by atoms with Gasteiger partial charge in [-0.2, -0.15) is 0 Å². The maximum atomic E-state index is 12.5. The molecule has 2 fully saturated rings. The molecule has 25 heavy (non-hydrogen) atoms. The molecular weight excluding hydrogens is 322 g/mol. The number of nitrogens with zero attached hydrogens (tertiary/aromatic N) is 3. The van der Waals surface area contributed by atoms with Gasteiger partial charge in [-0.1, -0.05) is 0 Å². The lowest BCUT2D eigenvalue weighted by Gasteiger charge is -2.36. The molecule has 134 valence electrons.